The summed E-state index contributed by atoms with van der Waals surface area (Å²) in [5, 5.41) is 24.2. The van der Waals surface area contributed by atoms with Crippen LogP contribution in [0.3, 0.4) is 0 Å². The number of hydrogen-bond donors (Lipinski definition) is 2. The minimum absolute atomic E-state index is 0.00930. The summed E-state index contributed by atoms with van der Waals surface area (Å²) >= 11 is 0. The Hall–Kier alpha value is -4.74. The van der Waals surface area contributed by atoms with E-state index in [0.29, 0.717) is 34.0 Å². The first-order valence-corrected chi connectivity index (χ1v) is 10.7. The second-order valence-corrected chi connectivity index (χ2v) is 7.58. The van der Waals surface area contributed by atoms with Gasteiger partial charge in [0.2, 0.25) is 0 Å². The molecule has 3 aromatic rings. The van der Waals surface area contributed by atoms with E-state index < -0.39 is 23.0 Å². The largest absolute Gasteiger partial charge is 0.487 e. The third-order valence-corrected chi connectivity index (χ3v) is 5.23. The number of nitro benzene ring substituents is 1. The number of allylic oxidation sites excluding steroid dienone is 1. The van der Waals surface area contributed by atoms with Gasteiger partial charge in [-0.2, -0.15) is 0 Å². The third-order valence-electron chi connectivity index (χ3n) is 5.23. The molecule has 0 bridgehead atoms. The highest BCUT2D eigenvalue weighted by atomic mass is 16.6. The molecule has 1 aromatic heterocycles. The summed E-state index contributed by atoms with van der Waals surface area (Å²) in [6, 6.07) is 11.8. The summed E-state index contributed by atoms with van der Waals surface area (Å²) in [5.41, 5.74) is 2.64. The van der Waals surface area contributed by atoms with E-state index in [-0.39, 0.29) is 18.9 Å². The Bertz CT molecular complexity index is 1280. The number of carbonyl (C=O) groups excluding carboxylic acids is 2. The van der Waals surface area contributed by atoms with Gasteiger partial charge in [0, 0.05) is 17.8 Å². The van der Waals surface area contributed by atoms with E-state index in [4.69, 9.17) is 9.47 Å². The fraction of sp³-hybridized carbons (Fsp3) is 0.217. The highest BCUT2D eigenvalue weighted by Crippen LogP contribution is 2.29. The topological polar surface area (TPSA) is 151 Å². The van der Waals surface area contributed by atoms with Gasteiger partial charge in [0.15, 0.2) is 0 Å². The predicted octanol–water partition coefficient (Wildman–Crippen LogP) is 2.95. The molecule has 0 spiro atoms. The molecule has 1 unspecified atom stereocenters. The van der Waals surface area contributed by atoms with Crippen molar-refractivity contribution in [3.05, 3.63) is 87.4 Å². The SMILES string of the molecule is CCOC(=O)C1=C(C)NC(=O)NC1c1ccc(OCc2cn(-c3ccc([N+](=O)[O-])cc3)nn2)cc1. The van der Waals surface area contributed by atoms with Gasteiger partial charge in [0.05, 0.1) is 35.0 Å². The normalized spacial score (nSPS) is 15.3. The van der Waals surface area contributed by atoms with E-state index in [0.717, 1.165) is 0 Å². The minimum atomic E-state index is -0.654. The molecule has 1 aliphatic rings. The maximum atomic E-state index is 12.4. The summed E-state index contributed by atoms with van der Waals surface area (Å²) in [6.45, 7) is 3.73. The van der Waals surface area contributed by atoms with Crippen LogP contribution >= 0.6 is 0 Å². The van der Waals surface area contributed by atoms with Gasteiger partial charge >= 0.3 is 12.0 Å². The number of rotatable bonds is 8. The van der Waals surface area contributed by atoms with Gasteiger partial charge < -0.3 is 20.1 Å². The number of nitro groups is 1. The molecule has 2 N–H and O–H groups in total. The Morgan fingerprint density at radius 2 is 1.89 bits per heavy atom. The van der Waals surface area contributed by atoms with Gasteiger partial charge in [-0.05, 0) is 43.7 Å². The van der Waals surface area contributed by atoms with E-state index in [9.17, 15) is 19.7 Å². The maximum absolute atomic E-state index is 12.4. The predicted molar refractivity (Wildman–Crippen MR) is 123 cm³/mol. The zero-order valence-electron chi connectivity index (χ0n) is 18.9. The monoisotopic (exact) mass is 478 g/mol. The van der Waals surface area contributed by atoms with Crippen molar-refractivity contribution in [3.8, 4) is 11.4 Å². The number of amides is 2. The van der Waals surface area contributed by atoms with Crippen molar-refractivity contribution in [1.82, 2.24) is 25.6 Å². The summed E-state index contributed by atoms with van der Waals surface area (Å²) in [7, 11) is 0. The number of hydrogen-bond acceptors (Lipinski definition) is 8. The van der Waals surface area contributed by atoms with E-state index >= 15 is 0 Å². The summed E-state index contributed by atoms with van der Waals surface area (Å²) in [5.74, 6) is 0.0521. The van der Waals surface area contributed by atoms with Crippen molar-refractivity contribution in [2.75, 3.05) is 6.61 Å². The zero-order valence-corrected chi connectivity index (χ0v) is 18.9. The van der Waals surface area contributed by atoms with Crippen molar-refractivity contribution < 1.29 is 24.0 Å². The molecular weight excluding hydrogens is 456 g/mol. The van der Waals surface area contributed by atoms with Crippen LogP contribution in [0.2, 0.25) is 0 Å². The highest BCUT2D eigenvalue weighted by molar-refractivity contribution is 5.95. The van der Waals surface area contributed by atoms with Crippen LogP contribution in [0.25, 0.3) is 5.69 Å². The van der Waals surface area contributed by atoms with Crippen LogP contribution in [0.4, 0.5) is 10.5 Å². The van der Waals surface area contributed by atoms with Crippen LogP contribution in [0, 0.1) is 10.1 Å². The number of nitrogens with zero attached hydrogens (tertiary/aromatic N) is 4. The standard InChI is InChI=1S/C23H22N6O6/c1-3-34-22(30)20-14(2)24-23(31)25-21(20)15-4-10-19(11-5-15)35-13-16-12-28(27-26-16)17-6-8-18(9-7-17)29(32)33/h4-12,21H,3,13H2,1-2H3,(H2,24,25,31). The van der Waals surface area contributed by atoms with Crippen LogP contribution in [-0.2, 0) is 16.1 Å². The van der Waals surface area contributed by atoms with Crippen molar-refractivity contribution in [1.29, 1.82) is 0 Å². The molecule has 0 saturated heterocycles. The fourth-order valence-electron chi connectivity index (χ4n) is 3.55. The van der Waals surface area contributed by atoms with Gasteiger partial charge in [-0.1, -0.05) is 17.3 Å². The molecule has 0 aliphatic carbocycles. The summed E-state index contributed by atoms with van der Waals surface area (Å²) in [4.78, 5) is 34.7. The van der Waals surface area contributed by atoms with Gasteiger partial charge in [-0.3, -0.25) is 10.1 Å². The van der Waals surface area contributed by atoms with E-state index in [2.05, 4.69) is 20.9 Å². The molecule has 4 rings (SSSR count). The van der Waals surface area contributed by atoms with Gasteiger partial charge in [-0.15, -0.1) is 5.10 Å². The summed E-state index contributed by atoms with van der Waals surface area (Å²) in [6.07, 6.45) is 1.67. The van der Waals surface area contributed by atoms with Crippen molar-refractivity contribution in [3.63, 3.8) is 0 Å². The number of nitrogens with one attached hydrogen (secondary N) is 2. The number of aromatic nitrogens is 3. The van der Waals surface area contributed by atoms with Crippen molar-refractivity contribution in [2.45, 2.75) is 26.5 Å². The number of ether oxygens (including phenoxy) is 2. The van der Waals surface area contributed by atoms with E-state index in [1.165, 1.54) is 16.8 Å². The number of non-ortho nitro benzene ring substituents is 1. The quantitative estimate of drug-likeness (QED) is 0.285. The first kappa shape index (κ1) is 23.4. The molecule has 0 fully saturated rings. The molecule has 0 saturated carbocycles. The number of urea groups is 1. The second-order valence-electron chi connectivity index (χ2n) is 7.58. The average molecular weight is 478 g/mol. The second kappa shape index (κ2) is 10.0. The lowest BCUT2D eigenvalue weighted by Gasteiger charge is -2.28. The van der Waals surface area contributed by atoms with Crippen LogP contribution in [0.15, 0.2) is 66.0 Å². The van der Waals surface area contributed by atoms with Gasteiger partial charge in [-0.25, -0.2) is 14.3 Å². The number of carbonyl (C=O) groups is 2. The Morgan fingerprint density at radius 3 is 2.54 bits per heavy atom. The Kier molecular flexibility index (Phi) is 6.71. The summed E-state index contributed by atoms with van der Waals surface area (Å²) < 4.78 is 12.4. The lowest BCUT2D eigenvalue weighted by atomic mass is 9.95. The maximum Gasteiger partial charge on any atom is 0.338 e. The molecule has 12 nitrogen and oxygen atoms in total. The molecule has 1 aliphatic heterocycles. The molecule has 1 atom stereocenters. The molecular formula is C23H22N6O6. The average Bonchev–Trinajstić information content (AvgIpc) is 3.32. The zero-order chi connectivity index (χ0) is 24.9. The van der Waals surface area contributed by atoms with E-state index in [1.54, 1.807) is 56.4 Å². The smallest absolute Gasteiger partial charge is 0.338 e. The molecule has 2 amide bonds. The Morgan fingerprint density at radius 1 is 1.17 bits per heavy atom. The minimum Gasteiger partial charge on any atom is -0.487 e. The third kappa shape index (κ3) is 5.27. The van der Waals surface area contributed by atoms with Crippen LogP contribution in [0.5, 0.6) is 5.75 Å². The fourth-order valence-corrected chi connectivity index (χ4v) is 3.55. The Balaban J connectivity index is 1.43. The first-order chi connectivity index (χ1) is 16.9. The van der Waals surface area contributed by atoms with Crippen molar-refractivity contribution >= 4 is 17.7 Å². The van der Waals surface area contributed by atoms with Gasteiger partial charge in [0.1, 0.15) is 18.1 Å². The highest BCUT2D eigenvalue weighted by Gasteiger charge is 2.32. The van der Waals surface area contributed by atoms with Crippen LogP contribution < -0.4 is 15.4 Å². The number of benzene rings is 2. The molecule has 2 aromatic carbocycles. The lowest BCUT2D eigenvalue weighted by Crippen LogP contribution is -2.45. The number of esters is 1. The molecule has 180 valence electrons. The molecule has 12 heteroatoms. The van der Waals surface area contributed by atoms with Gasteiger partial charge in [0.25, 0.3) is 5.69 Å². The van der Waals surface area contributed by atoms with Crippen LogP contribution in [0.1, 0.15) is 31.1 Å². The first-order valence-electron chi connectivity index (χ1n) is 10.7. The van der Waals surface area contributed by atoms with Crippen LogP contribution in [-0.4, -0.2) is 38.5 Å². The Labute approximate surface area is 199 Å². The molecule has 0 radical (unpaired) electrons. The molecule has 2 heterocycles. The lowest BCUT2D eigenvalue weighted by molar-refractivity contribution is -0.384. The van der Waals surface area contributed by atoms with Crippen molar-refractivity contribution in [2.24, 2.45) is 0 Å². The molecule has 35 heavy (non-hydrogen) atoms. The van der Waals surface area contributed by atoms with E-state index in [1.807, 2.05) is 0 Å².